The molecule has 0 heterocycles. The molecule has 1 unspecified atom stereocenters. The first-order chi connectivity index (χ1) is 7.59. The van der Waals surface area contributed by atoms with Crippen molar-refractivity contribution in [2.75, 3.05) is 0 Å². The summed E-state index contributed by atoms with van der Waals surface area (Å²) >= 11 is 0. The van der Waals surface area contributed by atoms with E-state index in [0.29, 0.717) is 0 Å². The average Bonchev–Trinajstić information content (AvgIpc) is 2.71. The van der Waals surface area contributed by atoms with Crippen LogP contribution in [0.3, 0.4) is 0 Å². The molecule has 88 valence electrons. The van der Waals surface area contributed by atoms with Gasteiger partial charge in [0, 0.05) is 0 Å². The highest BCUT2D eigenvalue weighted by Gasteiger charge is 2.35. The molecule has 16 heavy (non-hydrogen) atoms. The van der Waals surface area contributed by atoms with Crippen LogP contribution in [-0.4, -0.2) is 8.07 Å². The van der Waals surface area contributed by atoms with Crippen molar-refractivity contribution in [3.63, 3.8) is 0 Å². The van der Waals surface area contributed by atoms with Crippen LogP contribution < -0.4 is 0 Å². The Kier molecular flexibility index (Phi) is 3.53. The Morgan fingerprint density at radius 3 is 2.06 bits per heavy atom. The third-order valence-corrected chi connectivity index (χ3v) is 6.63. The van der Waals surface area contributed by atoms with Gasteiger partial charge >= 0.3 is 0 Å². The van der Waals surface area contributed by atoms with Crippen LogP contribution in [0.5, 0.6) is 0 Å². The normalized spacial score (nSPS) is 19.9. The van der Waals surface area contributed by atoms with Crippen molar-refractivity contribution in [2.24, 2.45) is 5.92 Å². The van der Waals surface area contributed by atoms with Gasteiger partial charge in [0.2, 0.25) is 0 Å². The molecule has 1 atom stereocenters. The lowest BCUT2D eigenvalue weighted by Crippen LogP contribution is -2.35. The highest BCUT2D eigenvalue weighted by atomic mass is 28.3. The minimum absolute atomic E-state index is 0.871. The Bertz CT molecular complexity index is 317. The monoisotopic (exact) mass is 232 g/mol. The first-order valence-corrected chi connectivity index (χ1v) is 10.2. The lowest BCUT2D eigenvalue weighted by atomic mass is 9.97. The van der Waals surface area contributed by atoms with Crippen molar-refractivity contribution in [1.29, 1.82) is 0 Å². The molecule has 1 saturated carbocycles. The van der Waals surface area contributed by atoms with E-state index < -0.39 is 8.07 Å². The Morgan fingerprint density at radius 2 is 1.56 bits per heavy atom. The second kappa shape index (κ2) is 4.75. The van der Waals surface area contributed by atoms with Gasteiger partial charge in [0.05, 0.1) is 8.07 Å². The van der Waals surface area contributed by atoms with Gasteiger partial charge in [-0.3, -0.25) is 0 Å². The summed E-state index contributed by atoms with van der Waals surface area (Å²) in [5.74, 6) is 0.967. The Morgan fingerprint density at radius 1 is 1.00 bits per heavy atom. The van der Waals surface area contributed by atoms with Crippen molar-refractivity contribution in [3.8, 4) is 0 Å². The number of hydrogen-bond donors (Lipinski definition) is 0. The molecule has 0 nitrogen and oxygen atoms in total. The number of benzene rings is 1. The average molecular weight is 232 g/mol. The summed E-state index contributed by atoms with van der Waals surface area (Å²) in [4.78, 5) is 0. The Balaban J connectivity index is 2.28. The van der Waals surface area contributed by atoms with Crippen LogP contribution in [0.4, 0.5) is 0 Å². The Labute approximate surface area is 101 Å². The maximum absolute atomic E-state index is 2.53. The molecule has 0 spiro atoms. The molecule has 0 N–H and O–H groups in total. The van der Waals surface area contributed by atoms with Crippen molar-refractivity contribution in [2.45, 2.75) is 50.9 Å². The lowest BCUT2D eigenvalue weighted by molar-refractivity contribution is 0.514. The first-order valence-electron chi connectivity index (χ1n) is 6.64. The summed E-state index contributed by atoms with van der Waals surface area (Å²) in [6, 6.07) is 11.2. The molecule has 1 heteroatoms. The standard InChI is InChI=1S/C15H24Si/c1-16(2,3)15(14-11-7-8-12-14)13-9-5-4-6-10-13/h4-6,9-10,14-15H,7-8,11-12H2,1-3H3. The van der Waals surface area contributed by atoms with Gasteiger partial charge in [0.25, 0.3) is 0 Å². The molecule has 1 aliphatic rings. The van der Waals surface area contributed by atoms with Gasteiger partial charge in [-0.2, -0.15) is 0 Å². The second-order valence-electron chi connectivity index (χ2n) is 6.30. The van der Waals surface area contributed by atoms with Gasteiger partial charge in [-0.15, -0.1) is 0 Å². The summed E-state index contributed by atoms with van der Waals surface area (Å²) in [6.45, 7) is 7.59. The van der Waals surface area contributed by atoms with E-state index in [-0.39, 0.29) is 0 Å². The fraction of sp³-hybridized carbons (Fsp3) is 0.600. The molecular formula is C15H24Si. The maximum Gasteiger partial charge on any atom is 0.0525 e. The molecule has 1 fully saturated rings. The van der Waals surface area contributed by atoms with Gasteiger partial charge in [-0.05, 0) is 17.0 Å². The molecule has 0 radical (unpaired) electrons. The second-order valence-corrected chi connectivity index (χ2v) is 11.7. The van der Waals surface area contributed by atoms with Crippen molar-refractivity contribution >= 4 is 8.07 Å². The van der Waals surface area contributed by atoms with Crippen LogP contribution >= 0.6 is 0 Å². The van der Waals surface area contributed by atoms with Crippen LogP contribution in [0.1, 0.15) is 36.8 Å². The smallest absolute Gasteiger partial charge is 0.0525 e. The fourth-order valence-corrected chi connectivity index (χ4v) is 6.37. The predicted molar refractivity (Wildman–Crippen MR) is 74.5 cm³/mol. The minimum Gasteiger partial charge on any atom is -0.0691 e. The molecule has 2 rings (SSSR count). The quantitative estimate of drug-likeness (QED) is 0.654. The molecular weight excluding hydrogens is 208 g/mol. The molecule has 1 aliphatic carbocycles. The topological polar surface area (TPSA) is 0 Å². The first kappa shape index (κ1) is 11.9. The molecule has 1 aromatic rings. The summed E-state index contributed by atoms with van der Waals surface area (Å²) in [7, 11) is -1.09. The van der Waals surface area contributed by atoms with Crippen molar-refractivity contribution in [1.82, 2.24) is 0 Å². The zero-order valence-corrected chi connectivity index (χ0v) is 11.9. The van der Waals surface area contributed by atoms with E-state index in [1.165, 1.54) is 25.7 Å². The predicted octanol–water partition coefficient (Wildman–Crippen LogP) is 4.84. The molecule has 0 amide bonds. The van der Waals surface area contributed by atoms with Gasteiger partial charge in [-0.25, -0.2) is 0 Å². The zero-order chi connectivity index (χ0) is 11.6. The van der Waals surface area contributed by atoms with Crippen LogP contribution in [0.15, 0.2) is 30.3 Å². The van der Waals surface area contributed by atoms with Crippen LogP contribution in [-0.2, 0) is 0 Å². The van der Waals surface area contributed by atoms with Crippen LogP contribution in [0.2, 0.25) is 19.6 Å². The Hall–Kier alpha value is -0.563. The van der Waals surface area contributed by atoms with Crippen molar-refractivity contribution in [3.05, 3.63) is 35.9 Å². The largest absolute Gasteiger partial charge is 0.0691 e. The summed E-state index contributed by atoms with van der Waals surface area (Å²) < 4.78 is 0. The van der Waals surface area contributed by atoms with Crippen molar-refractivity contribution < 1.29 is 0 Å². The summed E-state index contributed by atoms with van der Waals surface area (Å²) in [6.07, 6.45) is 5.84. The zero-order valence-electron chi connectivity index (χ0n) is 10.9. The van der Waals surface area contributed by atoms with E-state index in [9.17, 15) is 0 Å². The fourth-order valence-electron chi connectivity index (χ4n) is 3.43. The molecule has 0 saturated heterocycles. The van der Waals surface area contributed by atoms with Crippen LogP contribution in [0.25, 0.3) is 0 Å². The number of hydrogen-bond acceptors (Lipinski definition) is 0. The molecule has 0 aliphatic heterocycles. The highest BCUT2D eigenvalue weighted by Crippen LogP contribution is 2.42. The molecule has 0 aromatic heterocycles. The minimum atomic E-state index is -1.09. The van der Waals surface area contributed by atoms with Crippen LogP contribution in [0, 0.1) is 5.92 Å². The van der Waals surface area contributed by atoms with Gasteiger partial charge in [0.1, 0.15) is 0 Å². The van der Waals surface area contributed by atoms with Gasteiger partial charge < -0.3 is 0 Å². The highest BCUT2D eigenvalue weighted by molar-refractivity contribution is 6.77. The lowest BCUT2D eigenvalue weighted by Gasteiger charge is -2.34. The van der Waals surface area contributed by atoms with E-state index in [0.717, 1.165) is 11.5 Å². The molecule has 0 bridgehead atoms. The number of rotatable bonds is 3. The van der Waals surface area contributed by atoms with Gasteiger partial charge in [0.15, 0.2) is 0 Å². The van der Waals surface area contributed by atoms with E-state index >= 15 is 0 Å². The summed E-state index contributed by atoms with van der Waals surface area (Å²) in [5.41, 5.74) is 2.48. The van der Waals surface area contributed by atoms with Gasteiger partial charge in [-0.1, -0.05) is 75.7 Å². The maximum atomic E-state index is 2.53. The van der Waals surface area contributed by atoms with E-state index in [1.807, 2.05) is 0 Å². The van der Waals surface area contributed by atoms with E-state index in [1.54, 1.807) is 5.56 Å². The van der Waals surface area contributed by atoms with E-state index in [2.05, 4.69) is 50.0 Å². The third kappa shape index (κ3) is 2.57. The SMILES string of the molecule is C[Si](C)(C)C(c1ccccc1)C1CCCC1. The molecule has 1 aromatic carbocycles. The summed E-state index contributed by atoms with van der Waals surface area (Å²) in [5, 5.41) is 0. The third-order valence-electron chi connectivity index (χ3n) is 3.96. The van der Waals surface area contributed by atoms with E-state index in [4.69, 9.17) is 0 Å².